The van der Waals surface area contributed by atoms with Gasteiger partial charge in [0.25, 0.3) is 15.9 Å². The fourth-order valence-corrected chi connectivity index (χ4v) is 5.37. The van der Waals surface area contributed by atoms with E-state index in [2.05, 4.69) is 11.0 Å². The molecule has 0 aliphatic carbocycles. The summed E-state index contributed by atoms with van der Waals surface area (Å²) in [5.74, 6) is -0.770. The summed E-state index contributed by atoms with van der Waals surface area (Å²) in [5.41, 5.74) is 0.310. The molecule has 1 aromatic carbocycles. The summed E-state index contributed by atoms with van der Waals surface area (Å²) >= 11 is 1.93. The van der Waals surface area contributed by atoms with Gasteiger partial charge in [0.1, 0.15) is 15.7 Å². The van der Waals surface area contributed by atoms with Gasteiger partial charge in [0.2, 0.25) is 0 Å². The second-order valence-corrected chi connectivity index (χ2v) is 9.13. The Morgan fingerprint density at radius 3 is 2.67 bits per heavy atom. The molecule has 1 aliphatic rings. The average Bonchev–Trinajstić information content (AvgIpc) is 3.23. The van der Waals surface area contributed by atoms with Gasteiger partial charge in [0.05, 0.1) is 4.91 Å². The largest absolute Gasteiger partial charge is 0.508 e. The normalized spacial score (nSPS) is 17.8. The number of thiophene rings is 1. The van der Waals surface area contributed by atoms with Gasteiger partial charge in [0, 0.05) is 18.2 Å². The monoisotopic (exact) mass is 422 g/mol. The predicted octanol–water partition coefficient (Wildman–Crippen LogP) is 3.01. The van der Waals surface area contributed by atoms with E-state index in [1.165, 1.54) is 35.3 Å². The summed E-state index contributed by atoms with van der Waals surface area (Å²) in [5, 5.41) is 20.9. The van der Waals surface area contributed by atoms with Gasteiger partial charge >= 0.3 is 0 Å². The van der Waals surface area contributed by atoms with Crippen LogP contribution in [0.5, 0.6) is 11.5 Å². The topological polar surface area (TPSA) is 107 Å². The van der Waals surface area contributed by atoms with Crippen LogP contribution in [-0.2, 0) is 14.8 Å². The minimum Gasteiger partial charge on any atom is -0.508 e. The highest BCUT2D eigenvalue weighted by atomic mass is 32.2. The number of thioether (sulfide) groups is 1. The zero-order valence-electron chi connectivity index (χ0n) is 13.8. The van der Waals surface area contributed by atoms with Gasteiger partial charge in [-0.05, 0) is 41.4 Å². The molecule has 1 amide bonds. The molecule has 7 nitrogen and oxygen atoms in total. The fraction of sp³-hybridized carbons (Fsp3) is 0.0588. The Morgan fingerprint density at radius 2 is 2.04 bits per heavy atom. The number of sulfonamides is 1. The van der Waals surface area contributed by atoms with E-state index in [0.717, 1.165) is 29.2 Å². The van der Waals surface area contributed by atoms with Crippen molar-refractivity contribution in [2.45, 2.75) is 4.21 Å². The number of carbonyl (C=O) groups is 1. The molecule has 1 fully saturated rings. The smallest absolute Gasteiger partial charge is 0.294 e. The minimum absolute atomic E-state index is 0.0119. The van der Waals surface area contributed by atoms with Gasteiger partial charge in [0.15, 0.2) is 5.17 Å². The van der Waals surface area contributed by atoms with Crippen LogP contribution in [-0.4, -0.2) is 41.2 Å². The van der Waals surface area contributed by atoms with Crippen LogP contribution in [0, 0.1) is 0 Å². The molecule has 0 saturated carbocycles. The number of amidine groups is 1. The highest BCUT2D eigenvalue weighted by Crippen LogP contribution is 2.35. The molecule has 3 rings (SSSR count). The van der Waals surface area contributed by atoms with E-state index in [4.69, 9.17) is 0 Å². The van der Waals surface area contributed by atoms with Gasteiger partial charge in [-0.15, -0.1) is 22.3 Å². The van der Waals surface area contributed by atoms with Crippen molar-refractivity contribution >= 4 is 50.3 Å². The summed E-state index contributed by atoms with van der Waals surface area (Å²) < 4.78 is 28.7. The third kappa shape index (κ3) is 4.07. The zero-order chi connectivity index (χ0) is 19.6. The van der Waals surface area contributed by atoms with Crippen LogP contribution in [0.15, 0.2) is 61.9 Å². The molecule has 2 N–H and O–H groups in total. The van der Waals surface area contributed by atoms with Crippen LogP contribution in [0.4, 0.5) is 0 Å². The van der Waals surface area contributed by atoms with Crippen LogP contribution >= 0.6 is 23.1 Å². The molecule has 140 valence electrons. The zero-order valence-corrected chi connectivity index (χ0v) is 16.2. The number of hydrogen-bond donors (Lipinski definition) is 2. The Labute approximate surface area is 164 Å². The SMILES string of the molecule is C=CCN1C(=O)/C(=C/c2ccc(O)cc2O)S/C1=N/S(=O)(=O)c1cccs1. The molecule has 1 aromatic heterocycles. The molecule has 27 heavy (non-hydrogen) atoms. The summed E-state index contributed by atoms with van der Waals surface area (Å²) in [6, 6.07) is 7.00. The second-order valence-electron chi connectivity index (χ2n) is 5.34. The van der Waals surface area contributed by atoms with E-state index in [1.807, 2.05) is 0 Å². The van der Waals surface area contributed by atoms with E-state index in [-0.39, 0.29) is 32.3 Å². The molecule has 1 saturated heterocycles. The number of phenolic OH excluding ortho intramolecular Hbond substituents is 2. The van der Waals surface area contributed by atoms with Gasteiger partial charge < -0.3 is 10.2 Å². The van der Waals surface area contributed by atoms with E-state index < -0.39 is 15.9 Å². The number of aromatic hydroxyl groups is 2. The molecule has 2 aromatic rings. The Bertz CT molecular complexity index is 1060. The summed E-state index contributed by atoms with van der Waals surface area (Å²) in [7, 11) is -3.94. The lowest BCUT2D eigenvalue weighted by atomic mass is 10.1. The number of phenols is 2. The third-order valence-corrected chi connectivity index (χ3v) is 7.21. The summed E-state index contributed by atoms with van der Waals surface area (Å²) in [4.78, 5) is 14.0. The molecule has 0 atom stereocenters. The third-order valence-electron chi connectivity index (χ3n) is 3.45. The van der Waals surface area contributed by atoms with Crippen LogP contribution in [0.25, 0.3) is 6.08 Å². The minimum atomic E-state index is -3.94. The second kappa shape index (κ2) is 7.59. The number of benzene rings is 1. The maximum absolute atomic E-state index is 12.6. The standard InChI is InChI=1S/C17H14N2O5S3/c1-2-7-19-16(22)14(9-11-5-6-12(20)10-13(11)21)26-17(19)18-27(23,24)15-4-3-8-25-15/h2-6,8-10,20-21H,1,7H2/b14-9-,18-17+. The predicted molar refractivity (Wildman–Crippen MR) is 106 cm³/mol. The van der Waals surface area contributed by atoms with E-state index in [9.17, 15) is 23.4 Å². The molecular weight excluding hydrogens is 408 g/mol. The summed E-state index contributed by atoms with van der Waals surface area (Å²) in [6.07, 6.45) is 2.88. The summed E-state index contributed by atoms with van der Waals surface area (Å²) in [6.45, 7) is 3.67. The number of amides is 1. The van der Waals surface area contributed by atoms with E-state index in [1.54, 1.807) is 11.4 Å². The van der Waals surface area contributed by atoms with Gasteiger partial charge in [-0.1, -0.05) is 12.1 Å². The average molecular weight is 423 g/mol. The maximum Gasteiger partial charge on any atom is 0.294 e. The number of rotatable bonds is 5. The molecule has 1 aliphatic heterocycles. The molecule has 2 heterocycles. The highest BCUT2D eigenvalue weighted by molar-refractivity contribution is 8.19. The molecular formula is C17H14N2O5S3. The van der Waals surface area contributed by atoms with Crippen LogP contribution in [0.1, 0.15) is 5.56 Å². The van der Waals surface area contributed by atoms with Crippen molar-refractivity contribution in [1.82, 2.24) is 4.90 Å². The molecule has 0 spiro atoms. The number of carbonyl (C=O) groups excluding carboxylic acids is 1. The van der Waals surface area contributed by atoms with Crippen LogP contribution < -0.4 is 0 Å². The van der Waals surface area contributed by atoms with Crippen LogP contribution in [0.2, 0.25) is 0 Å². The van der Waals surface area contributed by atoms with Crippen LogP contribution in [0.3, 0.4) is 0 Å². The van der Waals surface area contributed by atoms with Crippen molar-refractivity contribution in [3.63, 3.8) is 0 Å². The van der Waals surface area contributed by atoms with Gasteiger partial charge in [-0.3, -0.25) is 9.69 Å². The lowest BCUT2D eigenvalue weighted by Gasteiger charge is -2.12. The lowest BCUT2D eigenvalue weighted by molar-refractivity contribution is -0.121. The van der Waals surface area contributed by atoms with E-state index >= 15 is 0 Å². The fourth-order valence-electron chi connectivity index (χ4n) is 2.22. The number of nitrogens with zero attached hydrogens (tertiary/aromatic N) is 2. The Balaban J connectivity index is 2.01. The molecule has 0 bridgehead atoms. The van der Waals surface area contributed by atoms with Crippen molar-refractivity contribution in [3.05, 3.63) is 58.8 Å². The highest BCUT2D eigenvalue weighted by Gasteiger charge is 2.34. The molecule has 0 radical (unpaired) electrons. The first-order valence-corrected chi connectivity index (χ1v) is 10.7. The van der Waals surface area contributed by atoms with Crippen molar-refractivity contribution in [1.29, 1.82) is 0 Å². The lowest BCUT2D eigenvalue weighted by Crippen LogP contribution is -2.29. The molecule has 0 unspecified atom stereocenters. The van der Waals surface area contributed by atoms with Gasteiger partial charge in [-0.2, -0.15) is 8.42 Å². The first kappa shape index (κ1) is 19.2. The first-order chi connectivity index (χ1) is 12.8. The van der Waals surface area contributed by atoms with Gasteiger partial charge in [-0.25, -0.2) is 0 Å². The van der Waals surface area contributed by atoms with Crippen molar-refractivity contribution < 1.29 is 23.4 Å². The quantitative estimate of drug-likeness (QED) is 0.567. The Hall–Kier alpha value is -2.56. The van der Waals surface area contributed by atoms with E-state index in [0.29, 0.717) is 5.56 Å². The number of hydrogen-bond acceptors (Lipinski definition) is 7. The Morgan fingerprint density at radius 1 is 1.26 bits per heavy atom. The Kier molecular flexibility index (Phi) is 5.40. The molecule has 10 heteroatoms. The van der Waals surface area contributed by atoms with Crippen molar-refractivity contribution in [2.75, 3.05) is 6.54 Å². The first-order valence-electron chi connectivity index (χ1n) is 7.54. The van der Waals surface area contributed by atoms with Crippen molar-refractivity contribution in [2.24, 2.45) is 4.40 Å². The maximum atomic E-state index is 12.6. The van der Waals surface area contributed by atoms with Crippen molar-refractivity contribution in [3.8, 4) is 11.5 Å².